The first-order valence-corrected chi connectivity index (χ1v) is 11.3. The van der Waals surface area contributed by atoms with Crippen LogP contribution < -0.4 is 5.32 Å². The third kappa shape index (κ3) is 7.18. The number of allylic oxidation sites excluding steroid dienone is 2. The monoisotopic (exact) mass is 528 g/mol. The van der Waals surface area contributed by atoms with Gasteiger partial charge in [-0.15, -0.1) is 0 Å². The summed E-state index contributed by atoms with van der Waals surface area (Å²) in [5, 5.41) is 3.85. The molecule has 1 N–H and O–H groups in total. The summed E-state index contributed by atoms with van der Waals surface area (Å²) in [6.45, 7) is 2.34. The number of alkyl halides is 3. The zero-order chi connectivity index (χ0) is 24.2. The highest BCUT2D eigenvalue weighted by Crippen LogP contribution is 2.36. The molecule has 0 atom stereocenters. The van der Waals surface area contributed by atoms with E-state index in [9.17, 15) is 13.2 Å². The minimum atomic E-state index is -4.55. The minimum absolute atomic E-state index is 0.0737. The van der Waals surface area contributed by atoms with Crippen LogP contribution in [0.25, 0.3) is 5.57 Å². The Labute approximate surface area is 210 Å². The first-order valence-electron chi connectivity index (χ1n) is 9.75. The van der Waals surface area contributed by atoms with E-state index in [4.69, 9.17) is 47.0 Å². The molecule has 172 valence electrons. The van der Waals surface area contributed by atoms with Crippen LogP contribution in [-0.4, -0.2) is 16.1 Å². The number of rotatable bonds is 6. The number of nitrogens with zero attached hydrogens (tertiary/aromatic N) is 1. The van der Waals surface area contributed by atoms with E-state index in [1.165, 1.54) is 18.2 Å². The normalized spacial score (nSPS) is 12.0. The molecule has 0 aliphatic rings. The fourth-order valence-corrected chi connectivity index (χ4v) is 4.16. The molecule has 0 fully saturated rings. The Balaban J connectivity index is 1.75. The Hall–Kier alpha value is -2.12. The summed E-state index contributed by atoms with van der Waals surface area (Å²) in [4.78, 5) is 4.56. The largest absolute Gasteiger partial charge is 0.416 e. The van der Waals surface area contributed by atoms with Crippen LogP contribution in [0.5, 0.6) is 0 Å². The fraction of sp³-hybridized carbons (Fsp3) is 0.167. The lowest BCUT2D eigenvalue weighted by atomic mass is 9.99. The molecule has 3 rings (SSSR count). The molecule has 0 amide bonds. The Morgan fingerprint density at radius 1 is 1.00 bits per heavy atom. The summed E-state index contributed by atoms with van der Waals surface area (Å²) >= 11 is 23.1. The summed E-state index contributed by atoms with van der Waals surface area (Å²) in [5.41, 5.74) is 2.43. The van der Waals surface area contributed by atoms with E-state index >= 15 is 0 Å². The van der Waals surface area contributed by atoms with Crippen molar-refractivity contribution in [3.63, 3.8) is 0 Å². The van der Waals surface area contributed by atoms with Crippen molar-refractivity contribution < 1.29 is 13.2 Å². The highest BCUT2D eigenvalue weighted by Gasteiger charge is 2.34. The second-order valence-electron chi connectivity index (χ2n) is 7.30. The second-order valence-corrected chi connectivity index (χ2v) is 8.97. The van der Waals surface area contributed by atoms with E-state index in [2.05, 4.69) is 10.3 Å². The van der Waals surface area contributed by atoms with Crippen LogP contribution in [0, 0.1) is 6.92 Å². The molecule has 9 heteroatoms. The van der Waals surface area contributed by atoms with Gasteiger partial charge in [-0.05, 0) is 59.9 Å². The molecule has 3 aromatic rings. The van der Waals surface area contributed by atoms with Crippen LogP contribution in [0.15, 0.2) is 60.8 Å². The third-order valence-electron chi connectivity index (χ3n) is 4.80. The summed E-state index contributed by atoms with van der Waals surface area (Å²) < 4.78 is 41.0. The summed E-state index contributed by atoms with van der Waals surface area (Å²) in [6.07, 6.45) is -1.67. The average Bonchev–Trinajstić information content (AvgIpc) is 2.71. The van der Waals surface area contributed by atoms with Crippen molar-refractivity contribution in [1.29, 1.82) is 0 Å². The van der Waals surface area contributed by atoms with Crippen LogP contribution in [0.4, 0.5) is 13.2 Å². The van der Waals surface area contributed by atoms with Gasteiger partial charge in [0, 0.05) is 28.4 Å². The quantitative estimate of drug-likeness (QED) is 0.259. The summed E-state index contributed by atoms with van der Waals surface area (Å²) in [7, 11) is 0. The molecule has 0 aliphatic heterocycles. The number of halogens is 6. The van der Waals surface area contributed by atoms with Crippen LogP contribution in [0.1, 0.15) is 27.8 Å². The third-order valence-corrected chi connectivity index (χ3v) is 5.82. The summed E-state index contributed by atoms with van der Waals surface area (Å²) in [6, 6.07) is 12.8. The molecule has 0 radical (unpaired) electrons. The van der Waals surface area contributed by atoms with Crippen molar-refractivity contribution in [3.8, 4) is 0 Å². The highest BCUT2D eigenvalue weighted by atomic mass is 35.5. The zero-order valence-electron chi connectivity index (χ0n) is 17.3. The van der Waals surface area contributed by atoms with Crippen LogP contribution in [0.2, 0.25) is 15.2 Å². The van der Waals surface area contributed by atoms with Gasteiger partial charge in [0.2, 0.25) is 0 Å². The number of aromatic nitrogens is 1. The predicted octanol–water partition coefficient (Wildman–Crippen LogP) is 8.00. The molecular weight excluding hydrogens is 512 g/mol. The van der Waals surface area contributed by atoms with Gasteiger partial charge in [-0.2, -0.15) is 13.2 Å². The van der Waals surface area contributed by atoms with Crippen molar-refractivity contribution in [2.45, 2.75) is 26.1 Å². The van der Waals surface area contributed by atoms with Crippen LogP contribution >= 0.6 is 47.0 Å². The average molecular weight is 530 g/mol. The van der Waals surface area contributed by atoms with Crippen molar-refractivity contribution in [2.75, 3.05) is 0 Å². The van der Waals surface area contributed by atoms with E-state index in [0.29, 0.717) is 16.7 Å². The first-order chi connectivity index (χ1) is 15.5. The molecule has 2 nitrogen and oxygen atoms in total. The lowest BCUT2D eigenvalue weighted by Crippen LogP contribution is -2.22. The smallest absolute Gasteiger partial charge is 0.372 e. The fourth-order valence-electron chi connectivity index (χ4n) is 3.22. The molecular formula is C24H18Cl3F3N2S. The number of nitrogens with one attached hydrogen (secondary N) is 1. The first kappa shape index (κ1) is 25.5. The van der Waals surface area contributed by atoms with Gasteiger partial charge in [0.25, 0.3) is 0 Å². The van der Waals surface area contributed by atoms with Gasteiger partial charge in [-0.3, -0.25) is 0 Å². The van der Waals surface area contributed by atoms with Crippen molar-refractivity contribution in [1.82, 2.24) is 10.3 Å². The van der Waals surface area contributed by atoms with E-state index in [1.807, 2.05) is 19.1 Å². The summed E-state index contributed by atoms with van der Waals surface area (Å²) in [5.74, 6) is 0. The van der Waals surface area contributed by atoms with E-state index in [1.54, 1.807) is 24.4 Å². The SMILES string of the molecule is Cc1cc(CC=C(c2cc(Cl)cc(Cl)c2)C(F)(F)F)ccc1C(=S)NCc1ccc(Cl)nc1. The Morgan fingerprint density at radius 2 is 1.67 bits per heavy atom. The lowest BCUT2D eigenvalue weighted by Gasteiger charge is -2.14. The van der Waals surface area contributed by atoms with Crippen molar-refractivity contribution in [2.24, 2.45) is 0 Å². The zero-order valence-corrected chi connectivity index (χ0v) is 20.4. The molecule has 0 spiro atoms. The van der Waals surface area contributed by atoms with Gasteiger partial charge in [-0.1, -0.05) is 77.4 Å². The molecule has 2 aromatic carbocycles. The molecule has 1 heterocycles. The number of aryl methyl sites for hydroxylation is 1. The second kappa shape index (κ2) is 10.9. The maximum atomic E-state index is 13.7. The molecule has 0 unspecified atom stereocenters. The number of benzene rings is 2. The molecule has 33 heavy (non-hydrogen) atoms. The van der Waals surface area contributed by atoms with Gasteiger partial charge in [-0.25, -0.2) is 4.98 Å². The molecule has 0 aliphatic carbocycles. The van der Waals surface area contributed by atoms with Gasteiger partial charge in [0.15, 0.2) is 0 Å². The highest BCUT2D eigenvalue weighted by molar-refractivity contribution is 7.80. The topological polar surface area (TPSA) is 24.9 Å². The van der Waals surface area contributed by atoms with Gasteiger partial charge in [0.05, 0.1) is 5.57 Å². The Bertz CT molecular complexity index is 1170. The van der Waals surface area contributed by atoms with Crippen LogP contribution in [-0.2, 0) is 13.0 Å². The van der Waals surface area contributed by atoms with Crippen LogP contribution in [0.3, 0.4) is 0 Å². The van der Waals surface area contributed by atoms with Gasteiger partial charge in [0.1, 0.15) is 10.1 Å². The number of thiocarbonyl (C=S) groups is 1. The van der Waals surface area contributed by atoms with Crippen molar-refractivity contribution >= 4 is 57.6 Å². The number of hydrogen-bond donors (Lipinski definition) is 1. The molecule has 0 saturated heterocycles. The Morgan fingerprint density at radius 3 is 2.24 bits per heavy atom. The molecule has 0 bridgehead atoms. The van der Waals surface area contributed by atoms with E-state index in [-0.39, 0.29) is 22.0 Å². The van der Waals surface area contributed by atoms with Crippen molar-refractivity contribution in [3.05, 3.63) is 104 Å². The number of hydrogen-bond acceptors (Lipinski definition) is 2. The maximum Gasteiger partial charge on any atom is 0.416 e. The lowest BCUT2D eigenvalue weighted by molar-refractivity contribution is -0.0690. The standard InChI is InChI=1S/C24H18Cl3F3N2S/c1-14-8-15(2-5-20(14)23(33)32-13-16-4-7-22(27)31-12-16)3-6-21(24(28,29)30)17-9-18(25)11-19(26)10-17/h2,4-12H,3,13H2,1H3,(H,32,33). The van der Waals surface area contributed by atoms with E-state index in [0.717, 1.165) is 28.3 Å². The molecule has 0 saturated carbocycles. The maximum absolute atomic E-state index is 13.7. The number of pyridine rings is 1. The molecule has 1 aromatic heterocycles. The van der Waals surface area contributed by atoms with E-state index < -0.39 is 11.7 Å². The predicted molar refractivity (Wildman–Crippen MR) is 133 cm³/mol. The van der Waals surface area contributed by atoms with Gasteiger partial charge < -0.3 is 5.32 Å². The van der Waals surface area contributed by atoms with Gasteiger partial charge >= 0.3 is 6.18 Å². The minimum Gasteiger partial charge on any atom is -0.372 e. The Kier molecular flexibility index (Phi) is 8.40.